The van der Waals surface area contributed by atoms with Gasteiger partial charge in [0.15, 0.2) is 0 Å². The summed E-state index contributed by atoms with van der Waals surface area (Å²) in [5, 5.41) is 13.4. The van der Waals surface area contributed by atoms with Gasteiger partial charge in [0.1, 0.15) is 0 Å². The van der Waals surface area contributed by atoms with E-state index in [1.807, 2.05) is 0 Å². The Hall–Kier alpha value is -0.570. The van der Waals surface area contributed by atoms with Crippen LogP contribution in [0.25, 0.3) is 0 Å². The van der Waals surface area contributed by atoms with Crippen LogP contribution in [0.15, 0.2) is 0 Å². The predicted molar refractivity (Wildman–Crippen MR) is 102 cm³/mol. The molecule has 2 N–H and O–H groups in total. The third kappa shape index (κ3) is 8.00. The van der Waals surface area contributed by atoms with Crippen LogP contribution < -0.4 is 5.32 Å². The van der Waals surface area contributed by atoms with Gasteiger partial charge in [-0.2, -0.15) is 0 Å². The molecule has 0 aromatic carbocycles. The second kappa shape index (κ2) is 9.79. The van der Waals surface area contributed by atoms with Gasteiger partial charge in [-0.1, -0.05) is 58.3 Å². The van der Waals surface area contributed by atoms with Crippen LogP contribution in [-0.4, -0.2) is 22.2 Å². The number of hydrogen-bond acceptors (Lipinski definition) is 2. The van der Waals surface area contributed by atoms with Crippen molar-refractivity contribution >= 4 is 5.97 Å². The molecule has 0 bridgehead atoms. The lowest BCUT2D eigenvalue weighted by Crippen LogP contribution is -2.59. The summed E-state index contributed by atoms with van der Waals surface area (Å²) in [5.74, 6) is -0.472. The summed E-state index contributed by atoms with van der Waals surface area (Å²) >= 11 is 0. The fourth-order valence-corrected chi connectivity index (χ4v) is 4.74. The zero-order chi connectivity index (χ0) is 18.2. The van der Waals surface area contributed by atoms with Crippen molar-refractivity contribution < 1.29 is 9.90 Å². The van der Waals surface area contributed by atoms with E-state index in [0.717, 1.165) is 25.7 Å². The van der Waals surface area contributed by atoms with Gasteiger partial charge in [0.2, 0.25) is 0 Å². The van der Waals surface area contributed by atoms with Crippen molar-refractivity contribution in [2.75, 3.05) is 0 Å². The summed E-state index contributed by atoms with van der Waals surface area (Å²) in [5.41, 5.74) is 0.0544. The molecule has 1 aliphatic rings. The van der Waals surface area contributed by atoms with E-state index in [0.29, 0.717) is 5.92 Å². The minimum Gasteiger partial charge on any atom is -0.481 e. The smallest absolute Gasteiger partial charge is 0.306 e. The van der Waals surface area contributed by atoms with Gasteiger partial charge in [-0.15, -0.1) is 0 Å². The van der Waals surface area contributed by atoms with Gasteiger partial charge < -0.3 is 10.4 Å². The topological polar surface area (TPSA) is 49.3 Å². The van der Waals surface area contributed by atoms with Gasteiger partial charge in [-0.05, 0) is 52.9 Å². The van der Waals surface area contributed by atoms with Crippen molar-refractivity contribution in [1.82, 2.24) is 5.32 Å². The van der Waals surface area contributed by atoms with E-state index in [4.69, 9.17) is 0 Å². The first-order valence-electron chi connectivity index (χ1n) is 10.2. The summed E-state index contributed by atoms with van der Waals surface area (Å²) in [6, 6.07) is 0. The minimum atomic E-state index is -0.587. The van der Waals surface area contributed by atoms with Crippen molar-refractivity contribution in [2.24, 2.45) is 11.8 Å². The van der Waals surface area contributed by atoms with Gasteiger partial charge in [0.25, 0.3) is 0 Å². The lowest BCUT2D eigenvalue weighted by atomic mass is 9.69. The lowest BCUT2D eigenvalue weighted by molar-refractivity contribution is -0.145. The molecule has 3 heteroatoms. The van der Waals surface area contributed by atoms with Crippen LogP contribution in [0.5, 0.6) is 0 Å². The van der Waals surface area contributed by atoms with Crippen molar-refractivity contribution in [1.29, 1.82) is 0 Å². The molecular weight excluding hydrogens is 298 g/mol. The number of carboxylic acids is 1. The molecule has 1 aliphatic heterocycles. The third-order valence-corrected chi connectivity index (χ3v) is 5.48. The second-order valence-electron chi connectivity index (χ2n) is 9.27. The van der Waals surface area contributed by atoms with Crippen molar-refractivity contribution in [3.63, 3.8) is 0 Å². The van der Waals surface area contributed by atoms with E-state index < -0.39 is 5.97 Å². The lowest BCUT2D eigenvalue weighted by Gasteiger charge is -2.48. The molecule has 24 heavy (non-hydrogen) atoms. The van der Waals surface area contributed by atoms with Crippen LogP contribution in [0.1, 0.15) is 105 Å². The van der Waals surface area contributed by atoms with Crippen molar-refractivity contribution in [2.45, 2.75) is 116 Å². The molecule has 1 atom stereocenters. The summed E-state index contributed by atoms with van der Waals surface area (Å²) in [4.78, 5) is 11.8. The second-order valence-corrected chi connectivity index (χ2v) is 9.27. The first-order valence-corrected chi connectivity index (χ1v) is 10.2. The summed E-state index contributed by atoms with van der Waals surface area (Å²) in [7, 11) is 0. The highest BCUT2D eigenvalue weighted by Crippen LogP contribution is 2.38. The van der Waals surface area contributed by atoms with Gasteiger partial charge in [0.05, 0.1) is 5.92 Å². The zero-order valence-corrected chi connectivity index (χ0v) is 16.8. The van der Waals surface area contributed by atoms with E-state index in [1.165, 1.54) is 44.9 Å². The molecule has 1 fully saturated rings. The maximum Gasteiger partial charge on any atom is 0.306 e. The number of carboxylic acid groups (broad SMARTS) is 1. The largest absolute Gasteiger partial charge is 0.481 e. The molecule has 0 spiro atoms. The van der Waals surface area contributed by atoms with Crippen LogP contribution >= 0.6 is 0 Å². The molecule has 0 amide bonds. The van der Waals surface area contributed by atoms with Crippen LogP contribution in [0.2, 0.25) is 0 Å². The number of unbranched alkanes of at least 4 members (excludes halogenated alkanes) is 7. The predicted octanol–water partition coefficient (Wildman–Crippen LogP) is 5.77. The molecule has 0 aliphatic carbocycles. The Morgan fingerprint density at radius 2 is 1.42 bits per heavy atom. The maximum absolute atomic E-state index is 11.8. The highest BCUT2D eigenvalue weighted by atomic mass is 16.4. The zero-order valence-electron chi connectivity index (χ0n) is 16.8. The Balaban J connectivity index is 2.40. The van der Waals surface area contributed by atoms with Gasteiger partial charge in [-0.3, -0.25) is 4.79 Å². The molecule has 0 aromatic heterocycles. The summed E-state index contributed by atoms with van der Waals surface area (Å²) in [6.45, 7) is 11.1. The van der Waals surface area contributed by atoms with Crippen LogP contribution in [0.4, 0.5) is 0 Å². The van der Waals surface area contributed by atoms with Crippen LogP contribution in [0.3, 0.4) is 0 Å². The van der Waals surface area contributed by atoms with E-state index in [-0.39, 0.29) is 17.0 Å². The van der Waals surface area contributed by atoms with Crippen LogP contribution in [0, 0.1) is 11.8 Å². The fourth-order valence-electron chi connectivity index (χ4n) is 4.74. The number of hydrogen-bond donors (Lipinski definition) is 2. The number of rotatable bonds is 11. The van der Waals surface area contributed by atoms with E-state index in [9.17, 15) is 9.90 Å². The molecule has 142 valence electrons. The number of aliphatic carboxylic acids is 1. The molecule has 1 heterocycles. The van der Waals surface area contributed by atoms with E-state index >= 15 is 0 Å². The molecule has 1 rings (SSSR count). The first-order chi connectivity index (χ1) is 11.2. The highest BCUT2D eigenvalue weighted by Gasteiger charge is 2.42. The minimum absolute atomic E-state index is 0.0272. The summed E-state index contributed by atoms with van der Waals surface area (Å²) in [6.07, 6.45) is 12.9. The maximum atomic E-state index is 11.8. The molecule has 1 unspecified atom stereocenters. The SMILES string of the molecule is CCCCCCCCCCC(C(=O)O)C1CC(C)(C)NC(C)(C)C1. The Morgan fingerprint density at radius 3 is 1.88 bits per heavy atom. The molecule has 0 aromatic rings. The third-order valence-electron chi connectivity index (χ3n) is 5.48. The van der Waals surface area contributed by atoms with Crippen molar-refractivity contribution in [3.8, 4) is 0 Å². The molecule has 1 saturated heterocycles. The van der Waals surface area contributed by atoms with Gasteiger partial charge >= 0.3 is 5.97 Å². The normalized spacial score (nSPS) is 21.5. The monoisotopic (exact) mass is 339 g/mol. The Labute approximate surface area is 150 Å². The molecule has 3 nitrogen and oxygen atoms in total. The quantitative estimate of drug-likeness (QED) is 0.469. The Kier molecular flexibility index (Phi) is 8.76. The van der Waals surface area contributed by atoms with Gasteiger partial charge in [0, 0.05) is 11.1 Å². The standard InChI is InChI=1S/C21H41NO2/c1-6-7-8-9-10-11-12-13-14-18(19(23)24)17-15-20(2,3)22-21(4,5)16-17/h17-18,22H,6-16H2,1-5H3,(H,23,24). The highest BCUT2D eigenvalue weighted by molar-refractivity contribution is 5.70. The number of carbonyl (C=O) groups is 1. The van der Waals surface area contributed by atoms with Crippen LogP contribution in [-0.2, 0) is 4.79 Å². The summed E-state index contributed by atoms with van der Waals surface area (Å²) < 4.78 is 0. The van der Waals surface area contributed by atoms with Crippen molar-refractivity contribution in [3.05, 3.63) is 0 Å². The van der Waals surface area contributed by atoms with Gasteiger partial charge in [-0.25, -0.2) is 0 Å². The molecule has 0 radical (unpaired) electrons. The fraction of sp³-hybridized carbons (Fsp3) is 0.952. The first kappa shape index (κ1) is 21.5. The Bertz CT molecular complexity index is 360. The molecular formula is C21H41NO2. The van der Waals surface area contributed by atoms with E-state index in [2.05, 4.69) is 39.9 Å². The molecule has 0 saturated carbocycles. The number of piperidine rings is 1. The average molecular weight is 340 g/mol. The number of nitrogens with one attached hydrogen (secondary N) is 1. The Morgan fingerprint density at radius 1 is 0.958 bits per heavy atom. The average Bonchev–Trinajstić information content (AvgIpc) is 2.41. The van der Waals surface area contributed by atoms with E-state index in [1.54, 1.807) is 0 Å².